The molecule has 4 aliphatic heterocycles. The van der Waals surface area contributed by atoms with Crippen LogP contribution in [0.1, 0.15) is 90.4 Å². The number of carbonyl (C=O) groups excluding carboxylic acids is 2. The van der Waals surface area contributed by atoms with Crippen LogP contribution >= 0.6 is 0 Å². The number of benzene rings is 1. The molecule has 0 radical (unpaired) electrons. The molecular formula is C42H55NO9. The fourth-order valence-electron chi connectivity index (χ4n) is 8.58. The first-order valence-electron chi connectivity index (χ1n) is 18.9. The Morgan fingerprint density at radius 2 is 1.90 bits per heavy atom. The van der Waals surface area contributed by atoms with E-state index in [1.54, 1.807) is 24.3 Å². The van der Waals surface area contributed by atoms with Crippen LogP contribution in [0.5, 0.6) is 0 Å². The van der Waals surface area contributed by atoms with Gasteiger partial charge in [-0.2, -0.15) is 0 Å². The fraction of sp³-hybridized carbons (Fsp3) is 0.595. The van der Waals surface area contributed by atoms with Crippen LogP contribution in [-0.4, -0.2) is 78.4 Å². The molecular weight excluding hydrogens is 662 g/mol. The number of nitrogens with zero attached hydrogens (tertiary/aromatic N) is 1. The Kier molecular flexibility index (Phi) is 11.6. The van der Waals surface area contributed by atoms with Crippen molar-refractivity contribution >= 4 is 17.7 Å². The Balaban J connectivity index is 1.41. The van der Waals surface area contributed by atoms with Gasteiger partial charge in [-0.25, -0.2) is 4.79 Å². The van der Waals surface area contributed by atoms with Gasteiger partial charge < -0.3 is 33.6 Å². The SMILES string of the molecule is CCC(C)[C@H]1O[C@]2(CC[C@@H]1C)C[C@@H]1C[C@@H](C/C=C(\C)[C@@H](OC(=O)c3ccccc3)[C@@H](C)/C=C/C=C3\CO[C@@H]4/C(=N/OC)C(C)=C[C@@H](C(=O)O1)[C@]34O)O2. The maximum atomic E-state index is 14.3. The van der Waals surface area contributed by atoms with Crippen molar-refractivity contribution in [3.05, 3.63) is 83.0 Å². The molecule has 5 aliphatic rings. The topological polar surface area (TPSA) is 122 Å². The molecule has 4 heterocycles. The zero-order valence-corrected chi connectivity index (χ0v) is 31.6. The first kappa shape index (κ1) is 38.2. The van der Waals surface area contributed by atoms with Gasteiger partial charge in [0.15, 0.2) is 5.79 Å². The van der Waals surface area contributed by atoms with Gasteiger partial charge in [0.2, 0.25) is 0 Å². The summed E-state index contributed by atoms with van der Waals surface area (Å²) < 4.78 is 32.6. The lowest BCUT2D eigenvalue weighted by molar-refractivity contribution is -0.340. The molecule has 0 amide bonds. The van der Waals surface area contributed by atoms with Gasteiger partial charge in [0.05, 0.1) is 24.4 Å². The number of carbonyl (C=O) groups is 2. The van der Waals surface area contributed by atoms with Crippen LogP contribution in [0.4, 0.5) is 0 Å². The highest BCUT2D eigenvalue weighted by Gasteiger charge is 2.60. The number of fused-ring (bicyclic) bond motifs is 2. The summed E-state index contributed by atoms with van der Waals surface area (Å²) in [5.41, 5.74) is 1.18. The normalized spacial score (nSPS) is 40.7. The molecule has 1 spiro atoms. The highest BCUT2D eigenvalue weighted by atomic mass is 16.7. The van der Waals surface area contributed by atoms with Crippen LogP contribution in [0.25, 0.3) is 0 Å². The Morgan fingerprint density at radius 3 is 2.63 bits per heavy atom. The molecule has 10 heteroatoms. The van der Waals surface area contributed by atoms with Gasteiger partial charge in [-0.1, -0.05) is 87.9 Å². The van der Waals surface area contributed by atoms with E-state index in [-0.39, 0.29) is 24.7 Å². The molecule has 2 bridgehead atoms. The standard InChI is InChI=1S/C42H55NO9/c1-8-25(2)37-28(5)19-20-41(52-37)23-33-22-32(51-41)18-17-27(4)36(50-39(44)30-14-10-9-11-15-30)26(3)13-12-16-31-24-48-38-35(43-47-7)29(6)21-34(40(45)49-33)42(31,38)46/h9-17,21,25-26,28,32-34,36-38,46H,8,18-20,22-24H2,1-7H3/b13-12+,27-17+,31-16+,43-35+/t25?,26-,28-,32+,33-,34-,36-,37+,38+,41+,42+/m0/s1. The lowest BCUT2D eigenvalue weighted by Gasteiger charge is -2.51. The average molecular weight is 718 g/mol. The smallest absolute Gasteiger partial charge is 0.338 e. The Hall–Kier alpha value is -3.57. The summed E-state index contributed by atoms with van der Waals surface area (Å²) in [6, 6.07) is 8.97. The largest absolute Gasteiger partial charge is 0.462 e. The number of esters is 2. The third-order valence-corrected chi connectivity index (χ3v) is 11.7. The molecule has 1 aromatic rings. The van der Waals surface area contributed by atoms with Crippen LogP contribution in [0, 0.1) is 23.7 Å². The van der Waals surface area contributed by atoms with Crippen LogP contribution in [0.2, 0.25) is 0 Å². The van der Waals surface area contributed by atoms with Crippen molar-refractivity contribution in [1.29, 1.82) is 0 Å². The maximum absolute atomic E-state index is 14.3. The minimum atomic E-state index is -1.77. The molecule has 0 aromatic heterocycles. The molecule has 0 saturated carbocycles. The number of rotatable bonds is 5. The lowest BCUT2D eigenvalue weighted by Crippen LogP contribution is -2.57. The van der Waals surface area contributed by atoms with E-state index in [9.17, 15) is 14.7 Å². The van der Waals surface area contributed by atoms with Crippen LogP contribution in [0.3, 0.4) is 0 Å². The second-order valence-electron chi connectivity index (χ2n) is 15.4. The Morgan fingerprint density at radius 1 is 1.13 bits per heavy atom. The monoisotopic (exact) mass is 717 g/mol. The van der Waals surface area contributed by atoms with Gasteiger partial charge in [-0.3, -0.25) is 4.79 Å². The van der Waals surface area contributed by atoms with Gasteiger partial charge in [-0.15, -0.1) is 0 Å². The molecule has 3 saturated heterocycles. The molecule has 11 atom stereocenters. The number of hydrogen-bond donors (Lipinski definition) is 1. The quantitative estimate of drug-likeness (QED) is 0.194. The zero-order valence-electron chi connectivity index (χ0n) is 31.6. The van der Waals surface area contributed by atoms with E-state index in [1.165, 1.54) is 7.11 Å². The molecule has 1 aromatic carbocycles. The zero-order chi connectivity index (χ0) is 37.2. The molecule has 10 nitrogen and oxygen atoms in total. The molecule has 1 unspecified atom stereocenters. The summed E-state index contributed by atoms with van der Waals surface area (Å²) in [5.74, 6) is -2.47. The Labute approximate surface area is 307 Å². The summed E-state index contributed by atoms with van der Waals surface area (Å²) in [7, 11) is 1.44. The van der Waals surface area contributed by atoms with E-state index in [0.29, 0.717) is 59.9 Å². The minimum Gasteiger partial charge on any atom is -0.462 e. The van der Waals surface area contributed by atoms with Crippen molar-refractivity contribution in [3.63, 3.8) is 0 Å². The van der Waals surface area contributed by atoms with Crippen molar-refractivity contribution in [2.75, 3.05) is 13.7 Å². The van der Waals surface area contributed by atoms with Crippen molar-refractivity contribution in [1.82, 2.24) is 0 Å². The van der Waals surface area contributed by atoms with Crippen LogP contribution < -0.4 is 0 Å². The van der Waals surface area contributed by atoms with E-state index < -0.39 is 47.6 Å². The third-order valence-electron chi connectivity index (χ3n) is 11.7. The number of oxime groups is 1. The highest BCUT2D eigenvalue weighted by molar-refractivity contribution is 6.07. The number of ether oxygens (including phenoxy) is 5. The van der Waals surface area contributed by atoms with Crippen molar-refractivity contribution in [2.24, 2.45) is 28.8 Å². The van der Waals surface area contributed by atoms with Gasteiger partial charge in [0, 0.05) is 25.2 Å². The predicted molar refractivity (Wildman–Crippen MR) is 196 cm³/mol. The van der Waals surface area contributed by atoms with Crippen molar-refractivity contribution in [3.8, 4) is 0 Å². The summed E-state index contributed by atoms with van der Waals surface area (Å²) in [6.07, 6.45) is 10.9. The average Bonchev–Trinajstić information content (AvgIpc) is 3.47. The summed E-state index contributed by atoms with van der Waals surface area (Å²) in [5, 5.41) is 16.8. The second-order valence-corrected chi connectivity index (χ2v) is 15.4. The molecule has 52 heavy (non-hydrogen) atoms. The molecule has 1 N–H and O–H groups in total. The molecule has 6 rings (SSSR count). The second kappa shape index (κ2) is 15.8. The van der Waals surface area contributed by atoms with E-state index in [1.807, 2.05) is 51.1 Å². The van der Waals surface area contributed by atoms with Gasteiger partial charge in [0.1, 0.15) is 42.7 Å². The van der Waals surface area contributed by atoms with Crippen LogP contribution in [0.15, 0.2) is 82.6 Å². The fourth-order valence-corrected chi connectivity index (χ4v) is 8.58. The number of aliphatic hydroxyl groups is 1. The van der Waals surface area contributed by atoms with E-state index >= 15 is 0 Å². The van der Waals surface area contributed by atoms with Gasteiger partial charge in [0.25, 0.3) is 0 Å². The van der Waals surface area contributed by atoms with E-state index in [0.717, 1.165) is 18.4 Å². The molecule has 1 aliphatic carbocycles. The minimum absolute atomic E-state index is 0.00521. The van der Waals surface area contributed by atoms with Gasteiger partial charge in [-0.05, 0) is 67.4 Å². The lowest BCUT2D eigenvalue weighted by atomic mass is 9.71. The summed E-state index contributed by atoms with van der Waals surface area (Å²) >= 11 is 0. The highest BCUT2D eigenvalue weighted by Crippen LogP contribution is 2.47. The Bertz CT molecular complexity index is 1630. The van der Waals surface area contributed by atoms with Crippen LogP contribution in [-0.2, 0) is 33.3 Å². The number of allylic oxidation sites excluding steroid dienone is 2. The maximum Gasteiger partial charge on any atom is 0.338 e. The first-order valence-corrected chi connectivity index (χ1v) is 18.9. The summed E-state index contributed by atoms with van der Waals surface area (Å²) in [6.45, 7) is 12.5. The van der Waals surface area contributed by atoms with E-state index in [2.05, 4.69) is 32.0 Å². The predicted octanol–water partition coefficient (Wildman–Crippen LogP) is 7.04. The molecule has 3 fully saturated rings. The number of hydrogen-bond acceptors (Lipinski definition) is 10. The van der Waals surface area contributed by atoms with E-state index in [4.69, 9.17) is 28.5 Å². The van der Waals surface area contributed by atoms with Crippen molar-refractivity contribution < 1.29 is 43.2 Å². The third kappa shape index (κ3) is 7.58. The van der Waals surface area contributed by atoms with Crippen molar-refractivity contribution in [2.45, 2.75) is 122 Å². The molecule has 282 valence electrons. The summed E-state index contributed by atoms with van der Waals surface area (Å²) in [4.78, 5) is 32.8. The van der Waals surface area contributed by atoms with Gasteiger partial charge >= 0.3 is 11.9 Å². The first-order chi connectivity index (χ1) is 24.9.